The molecule has 1 unspecified atom stereocenters. The molecule has 0 spiro atoms. The SMILES string of the molecule is C#C.CCCc1cccc(CC/C=C/C2CCC(=O)C2)c1.CCc1ccc(CC)cc1. The van der Waals surface area contributed by atoms with Gasteiger partial charge in [0.25, 0.3) is 0 Å². The minimum atomic E-state index is 0.432. The number of Topliss-reactive ketones (excluding diaryl/α,β-unsaturated/α-hetero) is 1. The van der Waals surface area contributed by atoms with Crippen molar-refractivity contribution in [2.45, 2.75) is 78.6 Å². The topological polar surface area (TPSA) is 17.1 Å². The van der Waals surface area contributed by atoms with Crippen molar-refractivity contribution in [1.82, 2.24) is 0 Å². The van der Waals surface area contributed by atoms with Gasteiger partial charge < -0.3 is 0 Å². The van der Waals surface area contributed by atoms with Gasteiger partial charge in [0.2, 0.25) is 0 Å². The molecule has 0 bridgehead atoms. The molecule has 31 heavy (non-hydrogen) atoms. The maximum atomic E-state index is 11.2. The summed E-state index contributed by atoms with van der Waals surface area (Å²) >= 11 is 0. The Bertz CT molecular complexity index is 772. The van der Waals surface area contributed by atoms with Gasteiger partial charge in [-0.2, -0.15) is 0 Å². The third kappa shape index (κ3) is 10.8. The standard InChI is InChI=1S/C18H24O.C10H14.C2H2/c1-2-6-15-9-5-10-16(13-15)7-3-4-8-17-11-12-18(19)14-17;1-3-9-5-7-10(4-2)8-6-9;1-2/h4-5,8-10,13,17H,2-3,6-7,11-12,14H2,1H3;5-8H,3-4H2,1-2H3;1-2H/b8-4+;;. The quantitative estimate of drug-likeness (QED) is 0.320. The summed E-state index contributed by atoms with van der Waals surface area (Å²) < 4.78 is 0. The fourth-order valence-corrected chi connectivity index (χ4v) is 3.79. The summed E-state index contributed by atoms with van der Waals surface area (Å²) in [5, 5.41) is 0. The molecule has 1 saturated carbocycles. The highest BCUT2D eigenvalue weighted by Crippen LogP contribution is 2.23. The molecule has 1 fully saturated rings. The number of carbonyl (C=O) groups excluding carboxylic acids is 1. The fraction of sp³-hybridized carbons (Fsp3) is 0.433. The number of benzene rings is 2. The van der Waals surface area contributed by atoms with Crippen molar-refractivity contribution in [1.29, 1.82) is 0 Å². The first-order valence-electron chi connectivity index (χ1n) is 11.8. The number of hydrogen-bond acceptors (Lipinski definition) is 1. The molecule has 0 amide bonds. The minimum Gasteiger partial charge on any atom is -0.300 e. The van der Waals surface area contributed by atoms with Crippen LogP contribution in [-0.4, -0.2) is 5.78 Å². The molecule has 0 radical (unpaired) electrons. The Kier molecular flexibility index (Phi) is 13.8. The summed E-state index contributed by atoms with van der Waals surface area (Å²) in [6.07, 6.45) is 22.0. The van der Waals surface area contributed by atoms with Crippen molar-refractivity contribution in [2.75, 3.05) is 0 Å². The van der Waals surface area contributed by atoms with E-state index in [0.29, 0.717) is 11.7 Å². The molecule has 0 saturated heterocycles. The predicted molar refractivity (Wildman–Crippen MR) is 135 cm³/mol. The van der Waals surface area contributed by atoms with Crippen molar-refractivity contribution in [3.05, 3.63) is 82.9 Å². The van der Waals surface area contributed by atoms with Gasteiger partial charge in [-0.1, -0.05) is 87.9 Å². The van der Waals surface area contributed by atoms with Crippen LogP contribution in [0.15, 0.2) is 60.7 Å². The Hall–Kier alpha value is -2.59. The van der Waals surface area contributed by atoms with Crippen molar-refractivity contribution in [2.24, 2.45) is 5.92 Å². The van der Waals surface area contributed by atoms with E-state index in [0.717, 1.165) is 44.9 Å². The normalized spacial score (nSPS) is 15.1. The summed E-state index contributed by atoms with van der Waals surface area (Å²) in [5.41, 5.74) is 5.73. The van der Waals surface area contributed by atoms with Gasteiger partial charge in [-0.25, -0.2) is 0 Å². The lowest BCUT2D eigenvalue weighted by Gasteiger charge is -2.03. The molecule has 166 valence electrons. The van der Waals surface area contributed by atoms with E-state index in [1.165, 1.54) is 35.1 Å². The Morgan fingerprint density at radius 1 is 0.871 bits per heavy atom. The van der Waals surface area contributed by atoms with E-state index in [9.17, 15) is 4.79 Å². The molecule has 1 atom stereocenters. The van der Waals surface area contributed by atoms with Crippen LogP contribution in [0.1, 0.15) is 75.1 Å². The zero-order chi connectivity index (χ0) is 22.9. The lowest BCUT2D eigenvalue weighted by atomic mass is 10.0. The van der Waals surface area contributed by atoms with Crippen molar-refractivity contribution >= 4 is 5.78 Å². The molecule has 0 N–H and O–H groups in total. The molecule has 0 heterocycles. The highest BCUT2D eigenvalue weighted by Gasteiger charge is 2.18. The molecule has 1 aliphatic carbocycles. The van der Waals surface area contributed by atoms with Gasteiger partial charge in [-0.3, -0.25) is 4.79 Å². The van der Waals surface area contributed by atoms with E-state index in [-0.39, 0.29) is 0 Å². The van der Waals surface area contributed by atoms with Gasteiger partial charge in [0.05, 0.1) is 0 Å². The Labute approximate surface area is 191 Å². The van der Waals surface area contributed by atoms with Crippen molar-refractivity contribution in [3.63, 3.8) is 0 Å². The largest absolute Gasteiger partial charge is 0.300 e. The van der Waals surface area contributed by atoms with Crippen LogP contribution in [0.5, 0.6) is 0 Å². The van der Waals surface area contributed by atoms with E-state index in [1.54, 1.807) is 0 Å². The average Bonchev–Trinajstić information content (AvgIpc) is 3.24. The van der Waals surface area contributed by atoms with Gasteiger partial charge in [0.1, 0.15) is 5.78 Å². The molecule has 0 aliphatic heterocycles. The number of allylic oxidation sites excluding steroid dienone is 2. The van der Waals surface area contributed by atoms with E-state index in [2.05, 4.69) is 94.3 Å². The predicted octanol–water partition coefficient (Wildman–Crippen LogP) is 7.56. The highest BCUT2D eigenvalue weighted by atomic mass is 16.1. The van der Waals surface area contributed by atoms with Gasteiger partial charge in [-0.15, -0.1) is 12.8 Å². The monoisotopic (exact) mass is 416 g/mol. The Balaban J connectivity index is 0.000000337. The lowest BCUT2D eigenvalue weighted by Crippen LogP contribution is -1.91. The van der Waals surface area contributed by atoms with Crippen LogP contribution >= 0.6 is 0 Å². The number of terminal acetylenes is 1. The maximum absolute atomic E-state index is 11.2. The van der Waals surface area contributed by atoms with Crippen molar-refractivity contribution in [3.8, 4) is 12.8 Å². The molecule has 2 aromatic rings. The van der Waals surface area contributed by atoms with Crippen LogP contribution in [0.25, 0.3) is 0 Å². The molecular weight excluding hydrogens is 376 g/mol. The second kappa shape index (κ2) is 16.1. The number of ketones is 1. The maximum Gasteiger partial charge on any atom is 0.133 e. The van der Waals surface area contributed by atoms with Crippen LogP contribution in [0.2, 0.25) is 0 Å². The Morgan fingerprint density at radius 3 is 1.94 bits per heavy atom. The van der Waals surface area contributed by atoms with Gasteiger partial charge >= 0.3 is 0 Å². The zero-order valence-corrected chi connectivity index (χ0v) is 19.8. The third-order valence-corrected chi connectivity index (χ3v) is 5.66. The lowest BCUT2D eigenvalue weighted by molar-refractivity contribution is -0.117. The molecule has 1 heteroatoms. The molecule has 2 aromatic carbocycles. The first-order valence-corrected chi connectivity index (χ1v) is 11.8. The van der Waals surface area contributed by atoms with E-state index in [4.69, 9.17) is 0 Å². The van der Waals surface area contributed by atoms with Crippen molar-refractivity contribution < 1.29 is 4.79 Å². The van der Waals surface area contributed by atoms with E-state index < -0.39 is 0 Å². The van der Waals surface area contributed by atoms with Crippen LogP contribution in [-0.2, 0) is 30.5 Å². The van der Waals surface area contributed by atoms with Gasteiger partial charge in [-0.05, 0) is 66.7 Å². The summed E-state index contributed by atoms with van der Waals surface area (Å²) in [4.78, 5) is 11.2. The second-order valence-electron chi connectivity index (χ2n) is 8.10. The smallest absolute Gasteiger partial charge is 0.133 e. The minimum absolute atomic E-state index is 0.432. The summed E-state index contributed by atoms with van der Waals surface area (Å²) in [6.45, 7) is 6.58. The second-order valence-corrected chi connectivity index (χ2v) is 8.10. The average molecular weight is 417 g/mol. The Morgan fingerprint density at radius 2 is 1.45 bits per heavy atom. The van der Waals surface area contributed by atoms with Gasteiger partial charge in [0, 0.05) is 12.8 Å². The summed E-state index contributed by atoms with van der Waals surface area (Å²) in [5.74, 6) is 0.945. The summed E-state index contributed by atoms with van der Waals surface area (Å²) in [6, 6.07) is 17.8. The van der Waals surface area contributed by atoms with Gasteiger partial charge in [0.15, 0.2) is 0 Å². The van der Waals surface area contributed by atoms with Crippen LogP contribution in [0.4, 0.5) is 0 Å². The molecule has 1 nitrogen and oxygen atoms in total. The summed E-state index contributed by atoms with van der Waals surface area (Å²) in [7, 11) is 0. The van der Waals surface area contributed by atoms with Crippen LogP contribution in [0, 0.1) is 18.8 Å². The van der Waals surface area contributed by atoms with E-state index >= 15 is 0 Å². The number of hydrogen-bond donors (Lipinski definition) is 0. The highest BCUT2D eigenvalue weighted by molar-refractivity contribution is 5.80. The number of rotatable bonds is 8. The van der Waals surface area contributed by atoms with Crippen LogP contribution in [0.3, 0.4) is 0 Å². The van der Waals surface area contributed by atoms with Crippen LogP contribution < -0.4 is 0 Å². The molecule has 3 rings (SSSR count). The number of aryl methyl sites for hydroxylation is 4. The molecule has 0 aromatic heterocycles. The molecule has 1 aliphatic rings. The first-order chi connectivity index (χ1) is 15.1. The third-order valence-electron chi connectivity index (χ3n) is 5.66. The number of carbonyl (C=O) groups is 1. The first kappa shape index (κ1) is 26.4. The molecular formula is C30H40O. The van der Waals surface area contributed by atoms with E-state index in [1.807, 2.05) is 0 Å². The fourth-order valence-electron chi connectivity index (χ4n) is 3.79. The zero-order valence-electron chi connectivity index (χ0n) is 19.8.